The Morgan fingerprint density at radius 2 is 1.87 bits per heavy atom. The van der Waals surface area contributed by atoms with Crippen LogP contribution in [0.1, 0.15) is 31.2 Å². The van der Waals surface area contributed by atoms with Crippen molar-refractivity contribution in [1.82, 2.24) is 20.2 Å². The molecule has 2 bridgehead atoms. The lowest BCUT2D eigenvalue weighted by Crippen LogP contribution is -2.51. The summed E-state index contributed by atoms with van der Waals surface area (Å²) < 4.78 is 38.5. The third kappa shape index (κ3) is 4.48. The van der Waals surface area contributed by atoms with Gasteiger partial charge < -0.3 is 29.9 Å². The van der Waals surface area contributed by atoms with Crippen molar-refractivity contribution in [2.75, 3.05) is 49.6 Å². The SMILES string of the molecule is CN1CCC[C@H]1COc1nc(N2CC3CCC(C2)N3)c2cc(F)c(N3CC(O)Cc4ccccc43)c(F)c2n1. The first-order valence-electron chi connectivity index (χ1n) is 14.0. The van der Waals surface area contributed by atoms with E-state index in [1.807, 2.05) is 24.3 Å². The Morgan fingerprint density at radius 3 is 2.64 bits per heavy atom. The molecule has 3 saturated heterocycles. The molecular formula is C29H34F2N6O2. The van der Waals surface area contributed by atoms with E-state index >= 15 is 8.78 Å². The summed E-state index contributed by atoms with van der Waals surface area (Å²) in [4.78, 5) is 15.2. The third-order valence-electron chi connectivity index (χ3n) is 8.81. The Morgan fingerprint density at radius 1 is 1.08 bits per heavy atom. The maximum Gasteiger partial charge on any atom is 0.319 e. The van der Waals surface area contributed by atoms with Crippen molar-refractivity contribution in [1.29, 1.82) is 0 Å². The molecule has 8 nitrogen and oxygen atoms in total. The Labute approximate surface area is 226 Å². The summed E-state index contributed by atoms with van der Waals surface area (Å²) in [7, 11) is 2.07. The number of aliphatic hydroxyl groups is 1. The minimum atomic E-state index is -0.765. The van der Waals surface area contributed by atoms with Crippen molar-refractivity contribution in [3.63, 3.8) is 0 Å². The third-order valence-corrected chi connectivity index (χ3v) is 8.81. The number of fused-ring (bicyclic) bond motifs is 4. The monoisotopic (exact) mass is 536 g/mol. The molecule has 206 valence electrons. The van der Waals surface area contributed by atoms with Crippen LogP contribution in [0.4, 0.5) is 26.0 Å². The van der Waals surface area contributed by atoms with Crippen LogP contribution >= 0.6 is 0 Å². The molecule has 4 aliphatic heterocycles. The highest BCUT2D eigenvalue weighted by atomic mass is 19.1. The summed E-state index contributed by atoms with van der Waals surface area (Å²) in [6, 6.07) is 9.79. The predicted octanol–water partition coefficient (Wildman–Crippen LogP) is 3.38. The Bertz CT molecular complexity index is 1390. The number of nitrogens with zero attached hydrogens (tertiary/aromatic N) is 5. The lowest BCUT2D eigenvalue weighted by Gasteiger charge is -2.35. The van der Waals surface area contributed by atoms with Crippen molar-refractivity contribution in [3.05, 3.63) is 47.5 Å². The first-order chi connectivity index (χ1) is 18.9. The maximum absolute atomic E-state index is 16.5. The first-order valence-corrected chi connectivity index (χ1v) is 14.0. The lowest BCUT2D eigenvalue weighted by atomic mass is 9.98. The second-order valence-corrected chi connectivity index (χ2v) is 11.5. The fourth-order valence-electron chi connectivity index (χ4n) is 6.82. The van der Waals surface area contributed by atoms with Gasteiger partial charge in [0, 0.05) is 55.3 Å². The van der Waals surface area contributed by atoms with Crippen LogP contribution in [0.15, 0.2) is 30.3 Å². The topological polar surface area (TPSA) is 77.0 Å². The van der Waals surface area contributed by atoms with Crippen molar-refractivity contribution in [2.45, 2.75) is 56.3 Å². The van der Waals surface area contributed by atoms with E-state index < -0.39 is 17.7 Å². The summed E-state index contributed by atoms with van der Waals surface area (Å²) in [5, 5.41) is 14.5. The second kappa shape index (κ2) is 9.83. The number of likely N-dealkylation sites (tertiary alicyclic amines) is 1. The molecule has 2 aromatic carbocycles. The highest BCUT2D eigenvalue weighted by Gasteiger charge is 2.35. The molecule has 0 spiro atoms. The lowest BCUT2D eigenvalue weighted by molar-refractivity contribution is 0.178. The van der Waals surface area contributed by atoms with Crippen LogP contribution < -0.4 is 19.9 Å². The number of para-hydroxylation sites is 1. The first kappa shape index (κ1) is 24.9. The molecule has 10 heteroatoms. The number of β-amino-alcohol motifs (C(OH)–C–C–N with tert-alkyl or cyclic N) is 1. The van der Waals surface area contributed by atoms with Crippen LogP contribution in [0.3, 0.4) is 0 Å². The fraction of sp³-hybridized carbons (Fsp3) is 0.517. The zero-order chi connectivity index (χ0) is 26.7. The Balaban J connectivity index is 1.34. The van der Waals surface area contributed by atoms with Gasteiger partial charge in [-0.15, -0.1) is 0 Å². The minimum Gasteiger partial charge on any atom is -0.462 e. The van der Waals surface area contributed by atoms with Crippen molar-refractivity contribution < 1.29 is 18.6 Å². The van der Waals surface area contributed by atoms with Gasteiger partial charge >= 0.3 is 6.01 Å². The summed E-state index contributed by atoms with van der Waals surface area (Å²) in [6.07, 6.45) is 3.98. The molecule has 3 unspecified atom stereocenters. The number of nitrogens with one attached hydrogen (secondary N) is 1. The highest BCUT2D eigenvalue weighted by molar-refractivity contribution is 5.94. The standard InChI is InChI=1S/C29H34F2N6O2/c1-35-10-4-6-20(35)16-39-29-33-26-22(28(34-29)36-13-18-8-9-19(14-36)32-18)12-23(30)27(25(26)31)37-15-21(38)11-17-5-2-3-7-24(17)37/h2-3,5,7,12,18-21,32,38H,4,6,8-11,13-16H2,1H3/t18?,19?,20-,21?/m0/s1. The van der Waals surface area contributed by atoms with Gasteiger partial charge in [0.05, 0.1) is 6.10 Å². The van der Waals surface area contributed by atoms with E-state index in [0.29, 0.717) is 55.1 Å². The average molecular weight is 537 g/mol. The molecule has 1 aromatic heterocycles. The molecule has 0 amide bonds. The number of rotatable bonds is 5. The molecule has 39 heavy (non-hydrogen) atoms. The smallest absolute Gasteiger partial charge is 0.319 e. The zero-order valence-electron chi connectivity index (χ0n) is 22.1. The number of aliphatic hydroxyl groups excluding tert-OH is 1. The number of aromatic nitrogens is 2. The molecule has 2 N–H and O–H groups in total. The summed E-state index contributed by atoms with van der Waals surface area (Å²) >= 11 is 0. The molecule has 7 rings (SSSR count). The van der Waals surface area contributed by atoms with Crippen LogP contribution in [0, 0.1) is 11.6 Å². The van der Waals surface area contributed by atoms with E-state index in [1.165, 1.54) is 11.0 Å². The zero-order valence-corrected chi connectivity index (χ0v) is 22.1. The summed E-state index contributed by atoms with van der Waals surface area (Å²) in [5.74, 6) is -0.955. The summed E-state index contributed by atoms with van der Waals surface area (Å²) in [5.41, 5.74) is 1.36. The van der Waals surface area contributed by atoms with Gasteiger partial charge in [0.2, 0.25) is 0 Å². The Kier molecular flexibility index (Phi) is 6.28. The van der Waals surface area contributed by atoms with Crippen molar-refractivity contribution >= 4 is 28.1 Å². The quantitative estimate of drug-likeness (QED) is 0.514. The van der Waals surface area contributed by atoms with Gasteiger partial charge in [-0.2, -0.15) is 9.97 Å². The van der Waals surface area contributed by atoms with Crippen LogP contribution in [-0.2, 0) is 6.42 Å². The van der Waals surface area contributed by atoms with Crippen LogP contribution in [0.25, 0.3) is 10.9 Å². The van der Waals surface area contributed by atoms with Gasteiger partial charge in [-0.05, 0) is 57.0 Å². The molecule has 0 radical (unpaired) electrons. The normalized spacial score (nSPS) is 26.9. The fourth-order valence-corrected chi connectivity index (χ4v) is 6.82. The predicted molar refractivity (Wildman–Crippen MR) is 146 cm³/mol. The van der Waals surface area contributed by atoms with E-state index in [1.54, 1.807) is 0 Å². The molecule has 0 saturated carbocycles. The number of likely N-dealkylation sites (N-methyl/N-ethyl adjacent to an activating group) is 1. The molecule has 5 heterocycles. The number of benzene rings is 2. The Hall–Kier alpha value is -3.08. The molecule has 0 aliphatic carbocycles. The number of anilines is 3. The van der Waals surface area contributed by atoms with E-state index in [0.717, 1.165) is 37.8 Å². The van der Waals surface area contributed by atoms with Crippen molar-refractivity contribution in [3.8, 4) is 6.01 Å². The van der Waals surface area contributed by atoms with Crippen LogP contribution in [-0.4, -0.2) is 84.0 Å². The maximum atomic E-state index is 16.5. The van der Waals surface area contributed by atoms with Crippen molar-refractivity contribution in [2.24, 2.45) is 0 Å². The summed E-state index contributed by atoms with van der Waals surface area (Å²) in [6.45, 7) is 2.94. The van der Waals surface area contributed by atoms with Gasteiger partial charge in [-0.25, -0.2) is 8.78 Å². The van der Waals surface area contributed by atoms with E-state index in [-0.39, 0.29) is 29.8 Å². The molecule has 3 aromatic rings. The number of piperazine rings is 1. The molecule has 4 aliphatic rings. The number of ether oxygens (including phenoxy) is 1. The van der Waals surface area contributed by atoms with Gasteiger partial charge in [0.1, 0.15) is 23.6 Å². The minimum absolute atomic E-state index is 0.0367. The number of halogens is 2. The van der Waals surface area contributed by atoms with Gasteiger partial charge in [0.15, 0.2) is 11.6 Å². The van der Waals surface area contributed by atoms with Gasteiger partial charge in [-0.1, -0.05) is 18.2 Å². The molecule has 4 atom stereocenters. The second-order valence-electron chi connectivity index (χ2n) is 11.5. The van der Waals surface area contributed by atoms with Crippen LogP contribution in [0.5, 0.6) is 6.01 Å². The van der Waals surface area contributed by atoms with Crippen LogP contribution in [0.2, 0.25) is 0 Å². The van der Waals surface area contributed by atoms with E-state index in [4.69, 9.17) is 9.72 Å². The molecule has 3 fully saturated rings. The van der Waals surface area contributed by atoms with Gasteiger partial charge in [-0.3, -0.25) is 0 Å². The largest absolute Gasteiger partial charge is 0.462 e. The van der Waals surface area contributed by atoms with E-state index in [9.17, 15) is 5.11 Å². The number of hydrogen-bond donors (Lipinski definition) is 2. The average Bonchev–Trinajstić information content (AvgIpc) is 3.50. The van der Waals surface area contributed by atoms with Gasteiger partial charge in [0.25, 0.3) is 0 Å². The highest BCUT2D eigenvalue weighted by Crippen LogP contribution is 2.41. The molecular weight excluding hydrogens is 502 g/mol. The van der Waals surface area contributed by atoms with E-state index in [2.05, 4.69) is 27.1 Å². The number of hydrogen-bond acceptors (Lipinski definition) is 8.